The third kappa shape index (κ3) is 4.81. The van der Waals surface area contributed by atoms with E-state index in [1.54, 1.807) is 0 Å². The van der Waals surface area contributed by atoms with Gasteiger partial charge >= 0.3 is 0 Å². The van der Waals surface area contributed by atoms with Crippen LogP contribution in [0.4, 0.5) is 0 Å². The summed E-state index contributed by atoms with van der Waals surface area (Å²) in [5.74, 6) is -0.461. The van der Waals surface area contributed by atoms with Crippen molar-refractivity contribution < 1.29 is 9.47 Å². The van der Waals surface area contributed by atoms with E-state index in [1.807, 2.05) is 13.8 Å². The highest BCUT2D eigenvalue weighted by Gasteiger charge is 2.34. The van der Waals surface area contributed by atoms with Crippen molar-refractivity contribution in [2.24, 2.45) is 5.73 Å². The van der Waals surface area contributed by atoms with Gasteiger partial charge in [0.1, 0.15) is 0 Å². The standard InChI is InChI=1S/C13H27NO2/c1-4-5-6-7-8-11-9-12(10-14)16-13(2,3)15-11/h11-12H,4-10,14H2,1-3H3/t11-,12-/m0/s1. The lowest BCUT2D eigenvalue weighted by Crippen LogP contribution is -2.47. The Bertz CT molecular complexity index is 194. The van der Waals surface area contributed by atoms with E-state index < -0.39 is 5.79 Å². The lowest BCUT2D eigenvalue weighted by molar-refractivity contribution is -0.298. The lowest BCUT2D eigenvalue weighted by Gasteiger charge is -2.40. The number of unbranched alkanes of at least 4 members (excludes halogenated alkanes) is 3. The molecule has 0 spiro atoms. The molecule has 3 nitrogen and oxygen atoms in total. The molecule has 1 fully saturated rings. The zero-order chi connectivity index (χ0) is 12.0. The highest BCUT2D eigenvalue weighted by molar-refractivity contribution is 4.76. The van der Waals surface area contributed by atoms with Crippen LogP contribution in [-0.4, -0.2) is 24.5 Å². The van der Waals surface area contributed by atoms with E-state index in [0.29, 0.717) is 12.6 Å². The number of rotatable bonds is 6. The molecule has 0 aliphatic carbocycles. The van der Waals surface area contributed by atoms with Crippen molar-refractivity contribution in [1.82, 2.24) is 0 Å². The highest BCUT2D eigenvalue weighted by atomic mass is 16.7. The van der Waals surface area contributed by atoms with Gasteiger partial charge in [0.15, 0.2) is 5.79 Å². The molecule has 0 radical (unpaired) electrons. The first-order valence-corrected chi connectivity index (χ1v) is 6.63. The average molecular weight is 229 g/mol. The molecule has 1 rings (SSSR count). The van der Waals surface area contributed by atoms with E-state index >= 15 is 0 Å². The Morgan fingerprint density at radius 1 is 1.12 bits per heavy atom. The third-order valence-electron chi connectivity index (χ3n) is 3.07. The Hall–Kier alpha value is -0.120. The van der Waals surface area contributed by atoms with E-state index in [2.05, 4.69) is 6.92 Å². The number of hydrogen-bond donors (Lipinski definition) is 1. The Morgan fingerprint density at radius 2 is 1.81 bits per heavy atom. The summed E-state index contributed by atoms with van der Waals surface area (Å²) in [5.41, 5.74) is 5.68. The zero-order valence-electron chi connectivity index (χ0n) is 11.0. The van der Waals surface area contributed by atoms with Gasteiger partial charge in [-0.25, -0.2) is 0 Å². The van der Waals surface area contributed by atoms with Gasteiger partial charge in [0, 0.05) is 13.0 Å². The Kier molecular flexibility index (Phi) is 5.73. The third-order valence-corrected chi connectivity index (χ3v) is 3.07. The molecule has 0 aromatic carbocycles. The molecule has 1 heterocycles. The van der Waals surface area contributed by atoms with Crippen LogP contribution in [-0.2, 0) is 9.47 Å². The summed E-state index contributed by atoms with van der Waals surface area (Å²) in [6, 6.07) is 0. The van der Waals surface area contributed by atoms with Crippen LogP contribution in [0.15, 0.2) is 0 Å². The minimum atomic E-state index is -0.461. The van der Waals surface area contributed by atoms with Gasteiger partial charge in [0.25, 0.3) is 0 Å². The van der Waals surface area contributed by atoms with Gasteiger partial charge in [0.05, 0.1) is 12.2 Å². The molecule has 1 aliphatic heterocycles. The molecular formula is C13H27NO2. The molecule has 96 valence electrons. The summed E-state index contributed by atoms with van der Waals surface area (Å²) in [6.45, 7) is 6.79. The van der Waals surface area contributed by atoms with Crippen molar-refractivity contribution in [3.8, 4) is 0 Å². The van der Waals surface area contributed by atoms with Crippen LogP contribution >= 0.6 is 0 Å². The summed E-state index contributed by atoms with van der Waals surface area (Å²) >= 11 is 0. The van der Waals surface area contributed by atoms with Crippen molar-refractivity contribution in [3.05, 3.63) is 0 Å². The minimum Gasteiger partial charge on any atom is -0.347 e. The van der Waals surface area contributed by atoms with Gasteiger partial charge in [-0.2, -0.15) is 0 Å². The first kappa shape index (κ1) is 13.9. The summed E-state index contributed by atoms with van der Waals surface area (Å²) in [5, 5.41) is 0. The molecule has 0 unspecified atom stereocenters. The fourth-order valence-electron chi connectivity index (χ4n) is 2.34. The van der Waals surface area contributed by atoms with Crippen molar-refractivity contribution in [2.45, 2.75) is 77.3 Å². The van der Waals surface area contributed by atoms with E-state index in [1.165, 1.54) is 25.7 Å². The summed E-state index contributed by atoms with van der Waals surface area (Å²) < 4.78 is 11.6. The van der Waals surface area contributed by atoms with Crippen LogP contribution < -0.4 is 5.73 Å². The van der Waals surface area contributed by atoms with Crippen molar-refractivity contribution in [2.75, 3.05) is 6.54 Å². The van der Waals surface area contributed by atoms with Gasteiger partial charge < -0.3 is 15.2 Å². The molecule has 1 aliphatic rings. The topological polar surface area (TPSA) is 44.5 Å². The van der Waals surface area contributed by atoms with Gasteiger partial charge in [-0.05, 0) is 20.3 Å². The molecule has 0 aromatic heterocycles. The molecule has 16 heavy (non-hydrogen) atoms. The fourth-order valence-corrected chi connectivity index (χ4v) is 2.34. The number of nitrogens with two attached hydrogens (primary N) is 1. The van der Waals surface area contributed by atoms with Crippen molar-refractivity contribution in [3.63, 3.8) is 0 Å². The zero-order valence-corrected chi connectivity index (χ0v) is 11.0. The van der Waals surface area contributed by atoms with Crippen molar-refractivity contribution >= 4 is 0 Å². The number of ether oxygens (including phenoxy) is 2. The van der Waals surface area contributed by atoms with Gasteiger partial charge in [-0.1, -0.05) is 32.6 Å². The lowest BCUT2D eigenvalue weighted by atomic mass is 10.0. The normalized spacial score (nSPS) is 29.2. The van der Waals surface area contributed by atoms with Gasteiger partial charge in [0.2, 0.25) is 0 Å². The summed E-state index contributed by atoms with van der Waals surface area (Å²) in [4.78, 5) is 0. The van der Waals surface area contributed by atoms with Crippen LogP contribution in [0.25, 0.3) is 0 Å². The van der Waals surface area contributed by atoms with Crippen LogP contribution in [0.5, 0.6) is 0 Å². The van der Waals surface area contributed by atoms with E-state index in [4.69, 9.17) is 15.2 Å². The van der Waals surface area contributed by atoms with Crippen molar-refractivity contribution in [1.29, 1.82) is 0 Å². The average Bonchev–Trinajstić information content (AvgIpc) is 2.22. The van der Waals surface area contributed by atoms with Gasteiger partial charge in [-0.3, -0.25) is 0 Å². The number of hydrogen-bond acceptors (Lipinski definition) is 3. The second-order valence-corrected chi connectivity index (χ2v) is 5.20. The molecular weight excluding hydrogens is 202 g/mol. The first-order chi connectivity index (χ1) is 7.57. The van der Waals surface area contributed by atoms with E-state index in [-0.39, 0.29) is 6.10 Å². The first-order valence-electron chi connectivity index (χ1n) is 6.63. The van der Waals surface area contributed by atoms with Gasteiger partial charge in [-0.15, -0.1) is 0 Å². The maximum Gasteiger partial charge on any atom is 0.163 e. The predicted molar refractivity (Wildman–Crippen MR) is 66.3 cm³/mol. The molecule has 0 amide bonds. The monoisotopic (exact) mass is 229 g/mol. The molecule has 0 aromatic rings. The van der Waals surface area contributed by atoms with Crippen LogP contribution in [0.3, 0.4) is 0 Å². The maximum atomic E-state index is 5.91. The minimum absolute atomic E-state index is 0.167. The molecule has 0 bridgehead atoms. The van der Waals surface area contributed by atoms with E-state index in [0.717, 1.165) is 12.8 Å². The molecule has 1 saturated heterocycles. The van der Waals surface area contributed by atoms with Crippen LogP contribution in [0.2, 0.25) is 0 Å². The summed E-state index contributed by atoms with van der Waals surface area (Å²) in [6.07, 6.45) is 7.76. The van der Waals surface area contributed by atoms with Crippen LogP contribution in [0.1, 0.15) is 59.3 Å². The van der Waals surface area contributed by atoms with E-state index in [9.17, 15) is 0 Å². The molecule has 3 heteroatoms. The second kappa shape index (κ2) is 6.58. The molecule has 2 atom stereocenters. The summed E-state index contributed by atoms with van der Waals surface area (Å²) in [7, 11) is 0. The second-order valence-electron chi connectivity index (χ2n) is 5.20. The Morgan fingerprint density at radius 3 is 2.44 bits per heavy atom. The smallest absolute Gasteiger partial charge is 0.163 e. The Balaban J connectivity index is 2.29. The highest BCUT2D eigenvalue weighted by Crippen LogP contribution is 2.28. The Labute approximate surface area is 99.7 Å². The predicted octanol–water partition coefficient (Wildman–Crippen LogP) is 2.83. The van der Waals surface area contributed by atoms with Crippen LogP contribution in [0, 0.1) is 0 Å². The quantitative estimate of drug-likeness (QED) is 0.712. The SMILES string of the molecule is CCCCCC[C@H]1C[C@@H](CN)OC(C)(C)O1. The maximum absolute atomic E-state index is 5.91. The molecule has 0 saturated carbocycles. The largest absolute Gasteiger partial charge is 0.347 e. The fraction of sp³-hybridized carbons (Fsp3) is 1.00. The molecule has 2 N–H and O–H groups in total.